The molecule has 15 heavy (non-hydrogen) atoms. The Morgan fingerprint density at radius 2 is 1.73 bits per heavy atom. The van der Waals surface area contributed by atoms with Gasteiger partial charge in [0, 0.05) is 25.8 Å². The lowest BCUT2D eigenvalue weighted by atomic mass is 9.75. The van der Waals surface area contributed by atoms with Crippen molar-refractivity contribution in [2.45, 2.75) is 53.5 Å². The van der Waals surface area contributed by atoms with Gasteiger partial charge >= 0.3 is 0 Å². The molecule has 0 heterocycles. The molecule has 0 fully saturated rings. The van der Waals surface area contributed by atoms with Gasteiger partial charge in [0.05, 0.1) is 0 Å². The van der Waals surface area contributed by atoms with E-state index in [1.54, 1.807) is 7.11 Å². The molecule has 0 amide bonds. The second kappa shape index (κ2) is 5.86. The molecule has 0 saturated carbocycles. The second-order valence-corrected chi connectivity index (χ2v) is 5.97. The van der Waals surface area contributed by atoms with Crippen LogP contribution in [0.4, 0.5) is 0 Å². The molecule has 0 radical (unpaired) electrons. The highest BCUT2D eigenvalue weighted by atomic mass is 16.5. The first-order valence-electron chi connectivity index (χ1n) is 5.99. The van der Waals surface area contributed by atoms with Gasteiger partial charge < -0.3 is 10.1 Å². The Kier molecular flexibility index (Phi) is 5.82. The van der Waals surface area contributed by atoms with Gasteiger partial charge in [-0.05, 0) is 38.5 Å². The third kappa shape index (κ3) is 5.53. The van der Waals surface area contributed by atoms with E-state index in [2.05, 4.69) is 46.9 Å². The van der Waals surface area contributed by atoms with E-state index in [1.807, 2.05) is 0 Å². The summed E-state index contributed by atoms with van der Waals surface area (Å²) < 4.78 is 5.26. The number of rotatable bonds is 6. The van der Waals surface area contributed by atoms with Crippen molar-refractivity contribution in [1.29, 1.82) is 0 Å². The number of nitrogens with one attached hydrogen (secondary N) is 1. The molecule has 2 unspecified atom stereocenters. The first-order chi connectivity index (χ1) is 6.75. The normalized spacial score (nSPS) is 18.6. The molecule has 0 aliphatic rings. The van der Waals surface area contributed by atoms with Crippen molar-refractivity contribution in [2.75, 3.05) is 20.3 Å². The van der Waals surface area contributed by atoms with Crippen LogP contribution in [0.3, 0.4) is 0 Å². The first-order valence-corrected chi connectivity index (χ1v) is 5.99. The first kappa shape index (κ1) is 14.9. The largest absolute Gasteiger partial charge is 0.384 e. The van der Waals surface area contributed by atoms with Gasteiger partial charge in [0.1, 0.15) is 0 Å². The van der Waals surface area contributed by atoms with Crippen molar-refractivity contribution in [3.63, 3.8) is 0 Å². The second-order valence-electron chi connectivity index (χ2n) is 5.97. The van der Waals surface area contributed by atoms with Crippen LogP contribution in [0.15, 0.2) is 0 Å². The SMILES string of the molecule is CCC(C)(CNC(C)(C)C)C(C)COC. The van der Waals surface area contributed by atoms with Gasteiger partial charge in [-0.1, -0.05) is 20.8 Å². The summed E-state index contributed by atoms with van der Waals surface area (Å²) in [6.45, 7) is 15.4. The van der Waals surface area contributed by atoms with E-state index in [4.69, 9.17) is 4.74 Å². The zero-order chi connectivity index (χ0) is 12.1. The van der Waals surface area contributed by atoms with Gasteiger partial charge in [0.15, 0.2) is 0 Å². The van der Waals surface area contributed by atoms with Crippen molar-refractivity contribution in [3.8, 4) is 0 Å². The summed E-state index contributed by atoms with van der Waals surface area (Å²) in [5.74, 6) is 0.586. The highest BCUT2D eigenvalue weighted by Gasteiger charge is 2.30. The third-order valence-corrected chi connectivity index (χ3v) is 3.44. The minimum atomic E-state index is 0.198. The summed E-state index contributed by atoms with van der Waals surface area (Å²) in [6.07, 6.45) is 1.18. The zero-order valence-corrected chi connectivity index (χ0v) is 11.6. The standard InChI is InChI=1S/C13H29NO/c1-8-13(6,11(2)9-15-7)10-14-12(3,4)5/h11,14H,8-10H2,1-7H3. The molecule has 0 spiro atoms. The summed E-state index contributed by atoms with van der Waals surface area (Å²) in [4.78, 5) is 0. The molecule has 0 aliphatic heterocycles. The molecule has 92 valence electrons. The molecule has 2 atom stereocenters. The van der Waals surface area contributed by atoms with E-state index in [0.717, 1.165) is 13.2 Å². The molecule has 0 bridgehead atoms. The van der Waals surface area contributed by atoms with Gasteiger partial charge in [-0.2, -0.15) is 0 Å². The number of hydrogen-bond acceptors (Lipinski definition) is 2. The molecule has 0 rings (SSSR count). The van der Waals surface area contributed by atoms with E-state index < -0.39 is 0 Å². The van der Waals surface area contributed by atoms with Crippen LogP contribution in [0.2, 0.25) is 0 Å². The summed E-state index contributed by atoms with van der Waals surface area (Å²) in [6, 6.07) is 0. The molecule has 0 saturated heterocycles. The minimum absolute atomic E-state index is 0.198. The highest BCUT2D eigenvalue weighted by Crippen LogP contribution is 2.31. The van der Waals surface area contributed by atoms with Crippen molar-refractivity contribution in [1.82, 2.24) is 5.32 Å². The third-order valence-electron chi connectivity index (χ3n) is 3.44. The fourth-order valence-corrected chi connectivity index (χ4v) is 1.57. The fraction of sp³-hybridized carbons (Fsp3) is 1.00. The van der Waals surface area contributed by atoms with Crippen LogP contribution in [-0.4, -0.2) is 25.8 Å². The van der Waals surface area contributed by atoms with E-state index in [-0.39, 0.29) is 5.54 Å². The molecule has 2 nitrogen and oxygen atoms in total. The monoisotopic (exact) mass is 215 g/mol. The summed E-state index contributed by atoms with van der Waals surface area (Å²) in [5.41, 5.74) is 0.520. The number of methoxy groups -OCH3 is 1. The average molecular weight is 215 g/mol. The average Bonchev–Trinajstić information content (AvgIpc) is 2.13. The lowest BCUT2D eigenvalue weighted by molar-refractivity contribution is 0.0728. The van der Waals surface area contributed by atoms with Crippen LogP contribution >= 0.6 is 0 Å². The topological polar surface area (TPSA) is 21.3 Å². The lowest BCUT2D eigenvalue weighted by Crippen LogP contribution is -2.45. The van der Waals surface area contributed by atoms with Crippen molar-refractivity contribution >= 4 is 0 Å². The van der Waals surface area contributed by atoms with E-state index in [0.29, 0.717) is 11.3 Å². The Morgan fingerprint density at radius 3 is 2.07 bits per heavy atom. The summed E-state index contributed by atoms with van der Waals surface area (Å²) >= 11 is 0. The van der Waals surface area contributed by atoms with E-state index >= 15 is 0 Å². The highest BCUT2D eigenvalue weighted by molar-refractivity contribution is 4.84. The smallest absolute Gasteiger partial charge is 0.0493 e. The molecule has 1 N–H and O–H groups in total. The minimum Gasteiger partial charge on any atom is -0.384 e. The predicted octanol–water partition coefficient (Wildman–Crippen LogP) is 3.07. The Morgan fingerprint density at radius 1 is 1.20 bits per heavy atom. The molecular formula is C13H29NO. The van der Waals surface area contributed by atoms with Crippen LogP contribution in [0.1, 0.15) is 48.0 Å². The Bertz CT molecular complexity index is 174. The fourth-order valence-electron chi connectivity index (χ4n) is 1.57. The quantitative estimate of drug-likeness (QED) is 0.735. The Hall–Kier alpha value is -0.0800. The number of ether oxygens (including phenoxy) is 1. The molecule has 0 aromatic carbocycles. The number of hydrogen-bond donors (Lipinski definition) is 1. The van der Waals surface area contributed by atoms with Crippen molar-refractivity contribution < 1.29 is 4.74 Å². The summed E-state index contributed by atoms with van der Waals surface area (Å²) in [5, 5.41) is 3.60. The summed E-state index contributed by atoms with van der Waals surface area (Å²) in [7, 11) is 1.78. The maximum Gasteiger partial charge on any atom is 0.0493 e. The van der Waals surface area contributed by atoms with Crippen molar-refractivity contribution in [2.24, 2.45) is 11.3 Å². The molecular weight excluding hydrogens is 186 g/mol. The van der Waals surface area contributed by atoms with Crippen LogP contribution in [0.5, 0.6) is 0 Å². The van der Waals surface area contributed by atoms with Crippen LogP contribution in [0, 0.1) is 11.3 Å². The van der Waals surface area contributed by atoms with E-state index in [1.165, 1.54) is 6.42 Å². The molecule has 0 aliphatic carbocycles. The van der Waals surface area contributed by atoms with Gasteiger partial charge in [-0.3, -0.25) is 0 Å². The molecule has 0 aromatic rings. The molecule has 0 aromatic heterocycles. The Labute approximate surface area is 95.8 Å². The van der Waals surface area contributed by atoms with Gasteiger partial charge in [0.25, 0.3) is 0 Å². The van der Waals surface area contributed by atoms with Crippen LogP contribution < -0.4 is 5.32 Å². The predicted molar refractivity (Wildman–Crippen MR) is 67.2 cm³/mol. The van der Waals surface area contributed by atoms with E-state index in [9.17, 15) is 0 Å². The van der Waals surface area contributed by atoms with Crippen LogP contribution in [0.25, 0.3) is 0 Å². The van der Waals surface area contributed by atoms with Gasteiger partial charge in [-0.25, -0.2) is 0 Å². The van der Waals surface area contributed by atoms with Gasteiger partial charge in [-0.15, -0.1) is 0 Å². The van der Waals surface area contributed by atoms with Crippen LogP contribution in [-0.2, 0) is 4.74 Å². The van der Waals surface area contributed by atoms with Crippen molar-refractivity contribution in [3.05, 3.63) is 0 Å². The van der Waals surface area contributed by atoms with Gasteiger partial charge in [0.2, 0.25) is 0 Å². The molecule has 2 heteroatoms. The maximum atomic E-state index is 5.26. The zero-order valence-electron chi connectivity index (χ0n) is 11.6. The lowest BCUT2D eigenvalue weighted by Gasteiger charge is -2.37. The maximum absolute atomic E-state index is 5.26. The Balaban J connectivity index is 4.30.